The molecule has 104 valence electrons. The first-order valence-electron chi connectivity index (χ1n) is 7.89. The van der Waals surface area contributed by atoms with Crippen LogP contribution in [0.5, 0.6) is 0 Å². The van der Waals surface area contributed by atoms with E-state index in [4.69, 9.17) is 4.74 Å². The van der Waals surface area contributed by atoms with Crippen molar-refractivity contribution in [3.8, 4) is 0 Å². The Kier molecular flexibility index (Phi) is 4.22. The molecule has 3 rings (SSSR count). The van der Waals surface area contributed by atoms with Crippen LogP contribution in [0.3, 0.4) is 0 Å². The highest BCUT2D eigenvalue weighted by atomic mass is 16.5. The first kappa shape index (κ1) is 12.9. The van der Waals surface area contributed by atoms with Gasteiger partial charge >= 0.3 is 0 Å². The van der Waals surface area contributed by atoms with Crippen LogP contribution in [0, 0.1) is 5.92 Å². The van der Waals surface area contributed by atoms with Crippen LogP contribution < -0.4 is 0 Å². The monoisotopic (exact) mass is 252 g/mol. The third-order valence-electron chi connectivity index (χ3n) is 5.16. The van der Waals surface area contributed by atoms with Crippen molar-refractivity contribution in [2.45, 2.75) is 51.1 Å². The molecule has 3 atom stereocenters. The van der Waals surface area contributed by atoms with Crippen LogP contribution in [0.1, 0.15) is 39.0 Å². The topological polar surface area (TPSA) is 15.7 Å². The van der Waals surface area contributed by atoms with E-state index in [9.17, 15) is 0 Å². The predicted octanol–water partition coefficient (Wildman–Crippen LogP) is 1.97. The van der Waals surface area contributed by atoms with Crippen LogP contribution in [0.4, 0.5) is 0 Å². The highest BCUT2D eigenvalue weighted by Gasteiger charge is 2.32. The summed E-state index contributed by atoms with van der Waals surface area (Å²) in [5.41, 5.74) is 0. The molecule has 0 aromatic rings. The van der Waals surface area contributed by atoms with E-state index in [2.05, 4.69) is 16.7 Å². The maximum absolute atomic E-state index is 5.48. The third-order valence-corrected chi connectivity index (χ3v) is 5.16. The maximum atomic E-state index is 5.48. The van der Waals surface area contributed by atoms with E-state index in [0.717, 1.165) is 31.2 Å². The molecule has 0 aliphatic carbocycles. The quantitative estimate of drug-likeness (QED) is 0.764. The highest BCUT2D eigenvalue weighted by Crippen LogP contribution is 2.25. The van der Waals surface area contributed by atoms with Gasteiger partial charge in [-0.15, -0.1) is 0 Å². The molecular formula is C15H28N2O. The van der Waals surface area contributed by atoms with Gasteiger partial charge in [0.1, 0.15) is 0 Å². The van der Waals surface area contributed by atoms with Crippen LogP contribution in [0.25, 0.3) is 0 Å². The van der Waals surface area contributed by atoms with Crippen molar-refractivity contribution in [1.29, 1.82) is 0 Å². The molecule has 3 heteroatoms. The second kappa shape index (κ2) is 5.89. The fourth-order valence-corrected chi connectivity index (χ4v) is 3.88. The van der Waals surface area contributed by atoms with Crippen LogP contribution in [-0.2, 0) is 4.74 Å². The first-order valence-corrected chi connectivity index (χ1v) is 7.89. The largest absolute Gasteiger partial charge is 0.381 e. The standard InChI is InChI=1S/C15H28N2O/c1-13-10-17-7-3-2-4-15(17)11-16(13)8-5-14-6-9-18-12-14/h13-15H,2-12H2,1H3. The lowest BCUT2D eigenvalue weighted by Crippen LogP contribution is -2.58. The summed E-state index contributed by atoms with van der Waals surface area (Å²) in [6.07, 6.45) is 6.92. The third kappa shape index (κ3) is 2.89. The Hall–Kier alpha value is -0.120. The minimum Gasteiger partial charge on any atom is -0.381 e. The van der Waals surface area contributed by atoms with Crippen LogP contribution >= 0.6 is 0 Å². The molecule has 0 aromatic carbocycles. The SMILES string of the molecule is CC1CN2CCCCC2CN1CCC1CCOC1. The zero-order valence-electron chi connectivity index (χ0n) is 11.8. The van der Waals surface area contributed by atoms with Gasteiger partial charge in [0.15, 0.2) is 0 Å². The van der Waals surface area contributed by atoms with Crippen LogP contribution in [-0.4, -0.2) is 61.3 Å². The molecule has 0 saturated carbocycles. The minimum atomic E-state index is 0.752. The zero-order valence-corrected chi connectivity index (χ0v) is 11.8. The Morgan fingerprint density at radius 1 is 1.17 bits per heavy atom. The Morgan fingerprint density at radius 2 is 2.11 bits per heavy atom. The summed E-state index contributed by atoms with van der Waals surface area (Å²) in [6, 6.07) is 1.61. The molecule has 3 aliphatic heterocycles. The van der Waals surface area contributed by atoms with Gasteiger partial charge in [-0.05, 0) is 51.6 Å². The maximum Gasteiger partial charge on any atom is 0.0495 e. The van der Waals surface area contributed by atoms with Crippen molar-refractivity contribution in [2.24, 2.45) is 5.92 Å². The summed E-state index contributed by atoms with van der Waals surface area (Å²) in [5.74, 6) is 0.835. The summed E-state index contributed by atoms with van der Waals surface area (Å²) in [7, 11) is 0. The minimum absolute atomic E-state index is 0.752. The van der Waals surface area contributed by atoms with Gasteiger partial charge in [-0.25, -0.2) is 0 Å². The lowest BCUT2D eigenvalue weighted by atomic mass is 9.96. The van der Waals surface area contributed by atoms with Crippen molar-refractivity contribution in [3.63, 3.8) is 0 Å². The van der Waals surface area contributed by atoms with Crippen molar-refractivity contribution in [1.82, 2.24) is 9.80 Å². The molecule has 3 heterocycles. The average Bonchev–Trinajstić information content (AvgIpc) is 2.89. The summed E-state index contributed by atoms with van der Waals surface area (Å²) in [5, 5.41) is 0. The number of ether oxygens (including phenoxy) is 1. The van der Waals surface area contributed by atoms with Crippen LogP contribution in [0.2, 0.25) is 0 Å². The Balaban J connectivity index is 1.49. The number of hydrogen-bond acceptors (Lipinski definition) is 3. The van der Waals surface area contributed by atoms with Gasteiger partial charge in [-0.1, -0.05) is 6.42 Å². The van der Waals surface area contributed by atoms with E-state index < -0.39 is 0 Å². The number of piperidine rings is 1. The fraction of sp³-hybridized carbons (Fsp3) is 1.00. The number of piperazine rings is 1. The molecular weight excluding hydrogens is 224 g/mol. The van der Waals surface area contributed by atoms with Crippen molar-refractivity contribution in [3.05, 3.63) is 0 Å². The number of fused-ring (bicyclic) bond motifs is 1. The van der Waals surface area contributed by atoms with Crippen molar-refractivity contribution >= 4 is 0 Å². The smallest absolute Gasteiger partial charge is 0.0495 e. The average molecular weight is 252 g/mol. The Labute approximate surface area is 111 Å². The van der Waals surface area contributed by atoms with Crippen molar-refractivity contribution < 1.29 is 4.74 Å². The molecule has 0 amide bonds. The Morgan fingerprint density at radius 3 is 2.94 bits per heavy atom. The molecule has 0 radical (unpaired) electrons. The van der Waals surface area contributed by atoms with Crippen molar-refractivity contribution in [2.75, 3.05) is 39.4 Å². The van der Waals surface area contributed by atoms with E-state index in [1.54, 1.807) is 0 Å². The van der Waals surface area contributed by atoms with Gasteiger partial charge in [0.05, 0.1) is 0 Å². The van der Waals surface area contributed by atoms with E-state index in [-0.39, 0.29) is 0 Å². The number of rotatable bonds is 3. The molecule has 3 saturated heterocycles. The van der Waals surface area contributed by atoms with E-state index >= 15 is 0 Å². The number of nitrogens with zero attached hydrogens (tertiary/aromatic N) is 2. The summed E-state index contributed by atoms with van der Waals surface area (Å²) >= 11 is 0. The van der Waals surface area contributed by atoms with E-state index in [0.29, 0.717) is 0 Å². The van der Waals surface area contributed by atoms with Gasteiger partial charge in [-0.3, -0.25) is 9.80 Å². The fourth-order valence-electron chi connectivity index (χ4n) is 3.88. The van der Waals surface area contributed by atoms with Crippen LogP contribution in [0.15, 0.2) is 0 Å². The van der Waals surface area contributed by atoms with Gasteiger partial charge < -0.3 is 4.74 Å². The molecule has 0 spiro atoms. The molecule has 3 nitrogen and oxygen atoms in total. The zero-order chi connectivity index (χ0) is 12.4. The van der Waals surface area contributed by atoms with Gasteiger partial charge in [0, 0.05) is 38.4 Å². The molecule has 0 aromatic heterocycles. The lowest BCUT2D eigenvalue weighted by molar-refractivity contribution is 0.0126. The second-order valence-corrected chi connectivity index (χ2v) is 6.51. The molecule has 18 heavy (non-hydrogen) atoms. The van der Waals surface area contributed by atoms with Gasteiger partial charge in [-0.2, -0.15) is 0 Å². The normalized spacial score (nSPS) is 38.8. The molecule has 0 bridgehead atoms. The van der Waals surface area contributed by atoms with E-state index in [1.165, 1.54) is 58.3 Å². The van der Waals surface area contributed by atoms with Gasteiger partial charge in [0.2, 0.25) is 0 Å². The summed E-state index contributed by atoms with van der Waals surface area (Å²) < 4.78 is 5.48. The predicted molar refractivity (Wildman–Crippen MR) is 73.8 cm³/mol. The Bertz CT molecular complexity index is 265. The first-order chi connectivity index (χ1) is 8.83. The van der Waals surface area contributed by atoms with E-state index in [1.807, 2.05) is 0 Å². The molecule has 3 fully saturated rings. The highest BCUT2D eigenvalue weighted by molar-refractivity contribution is 4.89. The second-order valence-electron chi connectivity index (χ2n) is 6.51. The lowest BCUT2D eigenvalue weighted by Gasteiger charge is -2.47. The summed E-state index contributed by atoms with van der Waals surface area (Å²) in [4.78, 5) is 5.48. The summed E-state index contributed by atoms with van der Waals surface area (Å²) in [6.45, 7) is 9.67. The molecule has 3 unspecified atom stereocenters. The molecule has 3 aliphatic rings. The molecule has 0 N–H and O–H groups in total. The number of hydrogen-bond donors (Lipinski definition) is 0. The van der Waals surface area contributed by atoms with Gasteiger partial charge in [0.25, 0.3) is 0 Å².